The molecule has 0 aliphatic rings. The van der Waals surface area contributed by atoms with Gasteiger partial charge in [0.15, 0.2) is 0 Å². The van der Waals surface area contributed by atoms with Gasteiger partial charge in [0.1, 0.15) is 0 Å². The molecule has 0 aromatic heterocycles. The lowest BCUT2D eigenvalue weighted by molar-refractivity contribution is -0.133. The van der Waals surface area contributed by atoms with Gasteiger partial charge in [0.25, 0.3) is 0 Å². The summed E-state index contributed by atoms with van der Waals surface area (Å²) in [5, 5.41) is 8.81. The van der Waals surface area contributed by atoms with Gasteiger partial charge < -0.3 is 15.7 Å². The van der Waals surface area contributed by atoms with E-state index in [0.717, 1.165) is 12.8 Å². The molecule has 0 aromatic rings. The Bertz CT molecular complexity index is 208. The van der Waals surface area contributed by atoms with E-state index >= 15 is 0 Å². The number of rotatable bonds is 9. The number of nitrogens with two attached hydrogens (primary N) is 1. The van der Waals surface area contributed by atoms with Crippen LogP contribution in [0.25, 0.3) is 0 Å². The number of hydrogen-bond acceptors (Lipinski definition) is 3. The third kappa shape index (κ3) is 7.34. The summed E-state index contributed by atoms with van der Waals surface area (Å²) in [6.07, 6.45) is 3.12. The minimum absolute atomic E-state index is 0.139. The maximum absolute atomic E-state index is 12.0. The largest absolute Gasteiger partial charge is 0.396 e. The third-order valence-corrected chi connectivity index (χ3v) is 3.01. The second-order valence-electron chi connectivity index (χ2n) is 4.98. The molecule has 4 heteroatoms. The third-order valence-electron chi connectivity index (χ3n) is 3.01. The van der Waals surface area contributed by atoms with Gasteiger partial charge in [-0.15, -0.1) is 0 Å². The van der Waals surface area contributed by atoms with Crippen LogP contribution < -0.4 is 5.73 Å². The van der Waals surface area contributed by atoms with E-state index in [0.29, 0.717) is 31.8 Å². The predicted octanol–water partition coefficient (Wildman–Crippen LogP) is 1.37. The first-order chi connectivity index (χ1) is 8.02. The van der Waals surface area contributed by atoms with Gasteiger partial charge in [0, 0.05) is 25.6 Å². The maximum Gasteiger partial charge on any atom is 0.222 e. The molecule has 0 radical (unpaired) electrons. The van der Waals surface area contributed by atoms with Crippen LogP contribution in [0.1, 0.15) is 46.5 Å². The summed E-state index contributed by atoms with van der Waals surface area (Å²) >= 11 is 0. The molecule has 3 N–H and O–H groups in total. The summed E-state index contributed by atoms with van der Waals surface area (Å²) in [5.74, 6) is 0.702. The van der Waals surface area contributed by atoms with Crippen LogP contribution in [0.2, 0.25) is 0 Å². The second-order valence-corrected chi connectivity index (χ2v) is 4.98. The van der Waals surface area contributed by atoms with Gasteiger partial charge in [0.2, 0.25) is 5.91 Å². The Labute approximate surface area is 105 Å². The van der Waals surface area contributed by atoms with Crippen LogP contribution in [0.3, 0.4) is 0 Å². The van der Waals surface area contributed by atoms with Crippen molar-refractivity contribution in [2.45, 2.75) is 52.5 Å². The molecule has 0 aliphatic carbocycles. The summed E-state index contributed by atoms with van der Waals surface area (Å²) in [6.45, 7) is 7.64. The van der Waals surface area contributed by atoms with Gasteiger partial charge in [0.05, 0.1) is 0 Å². The lowest BCUT2D eigenvalue weighted by Crippen LogP contribution is -2.38. The molecule has 0 aliphatic heterocycles. The van der Waals surface area contributed by atoms with Crippen LogP contribution in [0.15, 0.2) is 0 Å². The first-order valence-electron chi connectivity index (χ1n) is 6.63. The van der Waals surface area contributed by atoms with Gasteiger partial charge in [-0.2, -0.15) is 0 Å². The predicted molar refractivity (Wildman–Crippen MR) is 70.6 cm³/mol. The fourth-order valence-corrected chi connectivity index (χ4v) is 1.85. The van der Waals surface area contributed by atoms with Crippen molar-refractivity contribution in [1.82, 2.24) is 4.90 Å². The molecule has 0 aromatic carbocycles. The highest BCUT2D eigenvalue weighted by molar-refractivity contribution is 5.76. The van der Waals surface area contributed by atoms with Gasteiger partial charge in [-0.05, 0) is 45.6 Å². The smallest absolute Gasteiger partial charge is 0.222 e. The number of carbonyl (C=O) groups excluding carboxylic acids is 1. The molecule has 17 heavy (non-hydrogen) atoms. The molecular formula is C13H28N2O2. The van der Waals surface area contributed by atoms with Crippen molar-refractivity contribution in [2.75, 3.05) is 19.7 Å². The SMILES string of the molecule is CC(CCN)CCC(=O)N(CCCO)C(C)C. The van der Waals surface area contributed by atoms with Crippen molar-refractivity contribution in [2.24, 2.45) is 11.7 Å². The highest BCUT2D eigenvalue weighted by atomic mass is 16.3. The monoisotopic (exact) mass is 244 g/mol. The van der Waals surface area contributed by atoms with Crippen molar-refractivity contribution in [3.63, 3.8) is 0 Å². The second kappa shape index (κ2) is 9.42. The average molecular weight is 244 g/mol. The van der Waals surface area contributed by atoms with Crippen molar-refractivity contribution in [3.05, 3.63) is 0 Å². The zero-order valence-electron chi connectivity index (χ0n) is 11.5. The molecule has 1 atom stereocenters. The Morgan fingerprint density at radius 1 is 1.29 bits per heavy atom. The van der Waals surface area contributed by atoms with E-state index < -0.39 is 0 Å². The van der Waals surface area contributed by atoms with E-state index in [-0.39, 0.29) is 18.6 Å². The highest BCUT2D eigenvalue weighted by Crippen LogP contribution is 2.12. The van der Waals surface area contributed by atoms with E-state index in [1.807, 2.05) is 18.7 Å². The van der Waals surface area contributed by atoms with E-state index in [4.69, 9.17) is 10.8 Å². The summed E-state index contributed by atoms with van der Waals surface area (Å²) in [6, 6.07) is 0.207. The molecule has 102 valence electrons. The highest BCUT2D eigenvalue weighted by Gasteiger charge is 2.16. The lowest BCUT2D eigenvalue weighted by atomic mass is 10.0. The molecule has 0 saturated heterocycles. The van der Waals surface area contributed by atoms with Crippen molar-refractivity contribution in [1.29, 1.82) is 0 Å². The van der Waals surface area contributed by atoms with Crippen molar-refractivity contribution >= 4 is 5.91 Å². The zero-order chi connectivity index (χ0) is 13.3. The quantitative estimate of drug-likeness (QED) is 0.644. The maximum atomic E-state index is 12.0. The molecule has 0 fully saturated rings. The molecule has 1 unspecified atom stereocenters. The Balaban J connectivity index is 4.05. The van der Waals surface area contributed by atoms with Crippen LogP contribution >= 0.6 is 0 Å². The number of nitrogens with zero attached hydrogens (tertiary/aromatic N) is 1. The average Bonchev–Trinajstić information content (AvgIpc) is 2.27. The van der Waals surface area contributed by atoms with Crippen LogP contribution in [0.5, 0.6) is 0 Å². The van der Waals surface area contributed by atoms with Gasteiger partial charge in [-0.1, -0.05) is 6.92 Å². The Morgan fingerprint density at radius 2 is 1.94 bits per heavy atom. The molecule has 1 amide bonds. The van der Waals surface area contributed by atoms with Crippen molar-refractivity contribution in [3.8, 4) is 0 Å². The number of aliphatic hydroxyl groups is 1. The minimum Gasteiger partial charge on any atom is -0.396 e. The van der Waals surface area contributed by atoms with Crippen LogP contribution in [0.4, 0.5) is 0 Å². The summed E-state index contributed by atoms with van der Waals surface area (Å²) < 4.78 is 0. The molecular weight excluding hydrogens is 216 g/mol. The fraction of sp³-hybridized carbons (Fsp3) is 0.923. The van der Waals surface area contributed by atoms with E-state index in [2.05, 4.69) is 6.92 Å². The van der Waals surface area contributed by atoms with E-state index in [1.165, 1.54) is 0 Å². The molecule has 0 heterocycles. The fourth-order valence-electron chi connectivity index (χ4n) is 1.85. The van der Waals surface area contributed by atoms with Gasteiger partial charge >= 0.3 is 0 Å². The van der Waals surface area contributed by atoms with Gasteiger partial charge in [-0.3, -0.25) is 4.79 Å². The molecule has 0 spiro atoms. The van der Waals surface area contributed by atoms with E-state index in [1.54, 1.807) is 0 Å². The number of aliphatic hydroxyl groups excluding tert-OH is 1. The molecule has 0 bridgehead atoms. The summed E-state index contributed by atoms with van der Waals surface area (Å²) in [4.78, 5) is 13.9. The van der Waals surface area contributed by atoms with Crippen LogP contribution in [-0.4, -0.2) is 41.7 Å². The number of amides is 1. The molecule has 0 rings (SSSR count). The number of hydrogen-bond donors (Lipinski definition) is 2. The first kappa shape index (κ1) is 16.4. The van der Waals surface area contributed by atoms with Crippen molar-refractivity contribution < 1.29 is 9.90 Å². The van der Waals surface area contributed by atoms with Gasteiger partial charge in [-0.25, -0.2) is 0 Å². The molecule has 4 nitrogen and oxygen atoms in total. The topological polar surface area (TPSA) is 66.6 Å². The summed E-state index contributed by atoms with van der Waals surface area (Å²) in [7, 11) is 0. The zero-order valence-corrected chi connectivity index (χ0v) is 11.5. The summed E-state index contributed by atoms with van der Waals surface area (Å²) in [5.41, 5.74) is 5.49. The lowest BCUT2D eigenvalue weighted by Gasteiger charge is -2.27. The van der Waals surface area contributed by atoms with E-state index in [9.17, 15) is 4.79 Å². The van der Waals surface area contributed by atoms with Crippen LogP contribution in [-0.2, 0) is 4.79 Å². The number of carbonyl (C=O) groups is 1. The first-order valence-corrected chi connectivity index (χ1v) is 6.63. The standard InChI is InChI=1S/C13H28N2O2/c1-11(2)15(9-4-10-16)13(17)6-5-12(3)7-8-14/h11-12,16H,4-10,14H2,1-3H3. The Morgan fingerprint density at radius 3 is 2.41 bits per heavy atom. The van der Waals surface area contributed by atoms with Crippen LogP contribution in [0, 0.1) is 5.92 Å². The Hall–Kier alpha value is -0.610. The normalized spacial score (nSPS) is 12.8. The minimum atomic E-state index is 0.139. The molecule has 0 saturated carbocycles. The Kier molecular flexibility index (Phi) is 9.09.